The van der Waals surface area contributed by atoms with Crippen LogP contribution in [-0.4, -0.2) is 25.0 Å². The van der Waals surface area contributed by atoms with Gasteiger partial charge in [0.15, 0.2) is 0 Å². The van der Waals surface area contributed by atoms with Gasteiger partial charge in [0.1, 0.15) is 0 Å². The second-order valence-electron chi connectivity index (χ2n) is 4.05. The Bertz CT molecular complexity index is 608. The Balaban J connectivity index is 2.44. The van der Waals surface area contributed by atoms with E-state index in [4.69, 9.17) is 0 Å². The molecule has 7 nitrogen and oxygen atoms in total. The molecule has 2 heterocycles. The quantitative estimate of drug-likeness (QED) is 0.771. The summed E-state index contributed by atoms with van der Waals surface area (Å²) in [6.07, 6.45) is 3.46. The number of nitrogens with one attached hydrogen (secondary N) is 2. The van der Waals surface area contributed by atoms with Gasteiger partial charge in [0.05, 0.1) is 11.9 Å². The second-order valence-corrected chi connectivity index (χ2v) is 4.05. The van der Waals surface area contributed by atoms with Gasteiger partial charge in [-0.25, -0.2) is 4.79 Å². The molecule has 2 rings (SSSR count). The van der Waals surface area contributed by atoms with Gasteiger partial charge in [-0.3, -0.25) is 14.3 Å². The molecule has 2 aromatic rings. The third kappa shape index (κ3) is 2.32. The first-order valence-corrected chi connectivity index (χ1v) is 5.27. The number of H-pyrrole nitrogens is 2. The Morgan fingerprint density at radius 2 is 2.18 bits per heavy atom. The van der Waals surface area contributed by atoms with E-state index in [1.54, 1.807) is 12.4 Å². The van der Waals surface area contributed by atoms with Crippen molar-refractivity contribution >= 4 is 0 Å². The summed E-state index contributed by atoms with van der Waals surface area (Å²) in [6, 6.07) is -0.00425. The van der Waals surface area contributed by atoms with Crippen molar-refractivity contribution in [2.75, 3.05) is 0 Å². The van der Waals surface area contributed by atoms with Crippen LogP contribution in [0.15, 0.2) is 22.0 Å². The molecule has 0 amide bonds. The van der Waals surface area contributed by atoms with Crippen molar-refractivity contribution in [3.05, 3.63) is 44.5 Å². The summed E-state index contributed by atoms with van der Waals surface area (Å²) >= 11 is 0. The molecule has 90 valence electrons. The van der Waals surface area contributed by atoms with Crippen LogP contribution in [0.2, 0.25) is 0 Å². The Morgan fingerprint density at radius 3 is 2.76 bits per heavy atom. The highest BCUT2D eigenvalue weighted by atomic mass is 16.2. The lowest BCUT2D eigenvalue weighted by atomic mass is 10.2. The molecule has 0 bridgehead atoms. The van der Waals surface area contributed by atoms with E-state index in [0.717, 1.165) is 0 Å². The van der Waals surface area contributed by atoms with E-state index >= 15 is 0 Å². The minimum atomic E-state index is -0.395. The van der Waals surface area contributed by atoms with E-state index in [1.807, 2.05) is 13.8 Å². The van der Waals surface area contributed by atoms with Crippen LogP contribution in [0.3, 0.4) is 0 Å². The lowest BCUT2D eigenvalue weighted by Crippen LogP contribution is -2.32. The zero-order valence-corrected chi connectivity index (χ0v) is 9.60. The third-order valence-corrected chi connectivity index (χ3v) is 2.43. The predicted octanol–water partition coefficient (Wildman–Crippen LogP) is -0.174. The van der Waals surface area contributed by atoms with Gasteiger partial charge in [0.2, 0.25) is 0 Å². The molecular formula is C10H13N5O2. The minimum absolute atomic E-state index is 0.00425. The first kappa shape index (κ1) is 11.3. The molecule has 0 saturated heterocycles. The van der Waals surface area contributed by atoms with Gasteiger partial charge in [0, 0.05) is 24.2 Å². The number of aromatic nitrogens is 5. The fourth-order valence-electron chi connectivity index (χ4n) is 1.54. The Kier molecular flexibility index (Phi) is 2.90. The SMILES string of the molecule is CC(C)n1cc(Cc2cn[nH]n2)c(=O)[nH]c1=O. The lowest BCUT2D eigenvalue weighted by molar-refractivity contribution is 0.556. The number of aromatic amines is 2. The minimum Gasteiger partial charge on any atom is -0.298 e. The summed E-state index contributed by atoms with van der Waals surface area (Å²) in [6.45, 7) is 3.75. The standard InChI is InChI=1S/C10H13N5O2/c1-6(2)15-5-7(9(16)12-10(15)17)3-8-4-11-14-13-8/h4-6H,3H2,1-2H3,(H,11,13,14)(H,12,16,17). The van der Waals surface area contributed by atoms with E-state index in [9.17, 15) is 9.59 Å². The molecular weight excluding hydrogens is 222 g/mol. The molecule has 2 N–H and O–H groups in total. The van der Waals surface area contributed by atoms with E-state index in [0.29, 0.717) is 17.7 Å². The average molecular weight is 235 g/mol. The summed E-state index contributed by atoms with van der Waals surface area (Å²) in [4.78, 5) is 25.4. The average Bonchev–Trinajstić information content (AvgIpc) is 2.74. The molecule has 0 aliphatic rings. The van der Waals surface area contributed by atoms with Gasteiger partial charge >= 0.3 is 5.69 Å². The maximum absolute atomic E-state index is 11.6. The van der Waals surface area contributed by atoms with Crippen molar-refractivity contribution in [1.29, 1.82) is 0 Å². The zero-order chi connectivity index (χ0) is 12.4. The van der Waals surface area contributed by atoms with Crippen LogP contribution in [0.4, 0.5) is 0 Å². The Labute approximate surface area is 96.5 Å². The number of nitrogens with zero attached hydrogens (tertiary/aromatic N) is 3. The Hall–Kier alpha value is -2.18. The highest BCUT2D eigenvalue weighted by Crippen LogP contribution is 2.02. The zero-order valence-electron chi connectivity index (χ0n) is 9.60. The summed E-state index contributed by atoms with van der Waals surface area (Å²) < 4.78 is 1.48. The van der Waals surface area contributed by atoms with E-state index in [1.165, 1.54) is 4.57 Å². The van der Waals surface area contributed by atoms with Crippen molar-refractivity contribution in [3.63, 3.8) is 0 Å². The van der Waals surface area contributed by atoms with Gasteiger partial charge in [-0.2, -0.15) is 15.4 Å². The van der Waals surface area contributed by atoms with Crippen LogP contribution >= 0.6 is 0 Å². The van der Waals surface area contributed by atoms with Crippen molar-refractivity contribution in [2.24, 2.45) is 0 Å². The molecule has 0 atom stereocenters. The van der Waals surface area contributed by atoms with Crippen LogP contribution in [0.25, 0.3) is 0 Å². The van der Waals surface area contributed by atoms with E-state index < -0.39 is 5.69 Å². The summed E-state index contributed by atoms with van der Waals surface area (Å²) in [5.74, 6) is 0. The molecule has 0 saturated carbocycles. The molecule has 17 heavy (non-hydrogen) atoms. The molecule has 0 fully saturated rings. The highest BCUT2D eigenvalue weighted by Gasteiger charge is 2.08. The first-order chi connectivity index (χ1) is 8.08. The summed E-state index contributed by atoms with van der Waals surface area (Å²) in [7, 11) is 0. The van der Waals surface area contributed by atoms with Crippen LogP contribution in [0, 0.1) is 0 Å². The number of hydrogen-bond donors (Lipinski definition) is 2. The van der Waals surface area contributed by atoms with Crippen molar-refractivity contribution in [1.82, 2.24) is 25.0 Å². The summed E-state index contributed by atoms with van der Waals surface area (Å²) in [5, 5.41) is 10.0. The monoisotopic (exact) mass is 235 g/mol. The van der Waals surface area contributed by atoms with E-state index in [2.05, 4.69) is 20.4 Å². The van der Waals surface area contributed by atoms with Gasteiger partial charge in [0.25, 0.3) is 5.56 Å². The largest absolute Gasteiger partial charge is 0.328 e. The fourth-order valence-corrected chi connectivity index (χ4v) is 1.54. The molecule has 0 radical (unpaired) electrons. The van der Waals surface area contributed by atoms with Gasteiger partial charge in [-0.15, -0.1) is 0 Å². The van der Waals surface area contributed by atoms with E-state index in [-0.39, 0.29) is 11.6 Å². The van der Waals surface area contributed by atoms with Crippen molar-refractivity contribution in [2.45, 2.75) is 26.3 Å². The second kappa shape index (κ2) is 4.36. The molecule has 0 aliphatic carbocycles. The van der Waals surface area contributed by atoms with Gasteiger partial charge in [-0.1, -0.05) is 0 Å². The fraction of sp³-hybridized carbons (Fsp3) is 0.400. The first-order valence-electron chi connectivity index (χ1n) is 5.27. The molecule has 0 spiro atoms. The number of rotatable bonds is 3. The van der Waals surface area contributed by atoms with Crippen LogP contribution < -0.4 is 11.2 Å². The predicted molar refractivity (Wildman–Crippen MR) is 60.9 cm³/mol. The van der Waals surface area contributed by atoms with Gasteiger partial charge < -0.3 is 0 Å². The van der Waals surface area contributed by atoms with Crippen molar-refractivity contribution < 1.29 is 0 Å². The van der Waals surface area contributed by atoms with Crippen molar-refractivity contribution in [3.8, 4) is 0 Å². The maximum atomic E-state index is 11.6. The molecule has 2 aromatic heterocycles. The molecule has 7 heteroatoms. The van der Waals surface area contributed by atoms with Crippen LogP contribution in [0.5, 0.6) is 0 Å². The van der Waals surface area contributed by atoms with Crippen LogP contribution in [-0.2, 0) is 6.42 Å². The maximum Gasteiger partial charge on any atom is 0.328 e. The highest BCUT2D eigenvalue weighted by molar-refractivity contribution is 5.13. The molecule has 0 aliphatic heterocycles. The van der Waals surface area contributed by atoms with Gasteiger partial charge in [-0.05, 0) is 13.8 Å². The normalized spacial score (nSPS) is 11.0. The third-order valence-electron chi connectivity index (χ3n) is 2.43. The molecule has 0 aromatic carbocycles. The Morgan fingerprint density at radius 1 is 1.41 bits per heavy atom. The topological polar surface area (TPSA) is 96.4 Å². The number of hydrogen-bond acceptors (Lipinski definition) is 4. The summed E-state index contributed by atoms with van der Waals surface area (Å²) in [5.41, 5.74) is 0.375. The molecule has 0 unspecified atom stereocenters. The lowest BCUT2D eigenvalue weighted by Gasteiger charge is -2.09. The smallest absolute Gasteiger partial charge is 0.298 e. The van der Waals surface area contributed by atoms with Crippen LogP contribution in [0.1, 0.15) is 31.1 Å².